The number of esters is 1. The van der Waals surface area contributed by atoms with Crippen LogP contribution in [-0.4, -0.2) is 32.7 Å². The maximum atomic E-state index is 13.0. The molecule has 1 atom stereocenters. The SMILES string of the molecule is CC(OC(=O)c1ccc(NS(C)(=O)=O)cc1)C(=O)Nc1ccc(F)cc1Cl. The van der Waals surface area contributed by atoms with Crippen molar-refractivity contribution in [1.82, 2.24) is 0 Å². The molecule has 1 amide bonds. The van der Waals surface area contributed by atoms with Gasteiger partial charge in [-0.3, -0.25) is 9.52 Å². The summed E-state index contributed by atoms with van der Waals surface area (Å²) in [5.41, 5.74) is 0.599. The Morgan fingerprint density at radius 1 is 1.15 bits per heavy atom. The Balaban J connectivity index is 1.98. The van der Waals surface area contributed by atoms with Gasteiger partial charge in [0, 0.05) is 5.69 Å². The van der Waals surface area contributed by atoms with E-state index in [1.165, 1.54) is 37.3 Å². The van der Waals surface area contributed by atoms with Gasteiger partial charge in [-0.25, -0.2) is 17.6 Å². The molecule has 0 saturated heterocycles. The number of anilines is 2. The first-order chi connectivity index (χ1) is 12.5. The summed E-state index contributed by atoms with van der Waals surface area (Å²) in [7, 11) is -3.43. The van der Waals surface area contributed by atoms with Crippen molar-refractivity contribution >= 4 is 44.9 Å². The van der Waals surface area contributed by atoms with Gasteiger partial charge in [-0.2, -0.15) is 0 Å². The average molecular weight is 415 g/mol. The second-order valence-electron chi connectivity index (χ2n) is 5.61. The van der Waals surface area contributed by atoms with E-state index in [2.05, 4.69) is 10.0 Å². The molecule has 2 N–H and O–H groups in total. The Hall–Kier alpha value is -2.65. The zero-order valence-corrected chi connectivity index (χ0v) is 15.9. The van der Waals surface area contributed by atoms with Gasteiger partial charge in [-0.1, -0.05) is 11.6 Å². The van der Waals surface area contributed by atoms with E-state index in [0.29, 0.717) is 0 Å². The molecule has 1 unspecified atom stereocenters. The lowest BCUT2D eigenvalue weighted by Gasteiger charge is -2.14. The molecule has 2 aromatic carbocycles. The first-order valence-corrected chi connectivity index (χ1v) is 9.87. The van der Waals surface area contributed by atoms with Crippen LogP contribution in [0.2, 0.25) is 5.02 Å². The summed E-state index contributed by atoms with van der Waals surface area (Å²) in [6.07, 6.45) is -0.143. The Labute approximate surface area is 160 Å². The van der Waals surface area contributed by atoms with Crippen LogP contribution < -0.4 is 10.0 Å². The van der Waals surface area contributed by atoms with Crippen molar-refractivity contribution in [3.63, 3.8) is 0 Å². The summed E-state index contributed by atoms with van der Waals surface area (Å²) >= 11 is 5.83. The van der Waals surface area contributed by atoms with E-state index in [-0.39, 0.29) is 22.0 Å². The molecule has 7 nitrogen and oxygen atoms in total. The van der Waals surface area contributed by atoms with Gasteiger partial charge in [-0.15, -0.1) is 0 Å². The Bertz CT molecular complexity index is 964. The largest absolute Gasteiger partial charge is 0.449 e. The molecule has 0 aliphatic carbocycles. The zero-order valence-electron chi connectivity index (χ0n) is 14.3. The van der Waals surface area contributed by atoms with E-state index in [9.17, 15) is 22.4 Å². The molecular weight excluding hydrogens is 399 g/mol. The van der Waals surface area contributed by atoms with Gasteiger partial charge in [0.1, 0.15) is 5.82 Å². The number of halogens is 2. The monoisotopic (exact) mass is 414 g/mol. The number of amides is 1. The number of ether oxygens (including phenoxy) is 1. The molecule has 0 aromatic heterocycles. The van der Waals surface area contributed by atoms with Crippen molar-refractivity contribution in [1.29, 1.82) is 0 Å². The third-order valence-corrected chi connectivity index (χ3v) is 4.19. The fourth-order valence-electron chi connectivity index (χ4n) is 2.00. The first-order valence-electron chi connectivity index (χ1n) is 7.60. The third kappa shape index (κ3) is 6.22. The van der Waals surface area contributed by atoms with Crippen molar-refractivity contribution in [2.24, 2.45) is 0 Å². The predicted molar refractivity (Wildman–Crippen MR) is 99.8 cm³/mol. The second-order valence-corrected chi connectivity index (χ2v) is 7.77. The number of carbonyl (C=O) groups is 2. The molecule has 144 valence electrons. The number of hydrogen-bond acceptors (Lipinski definition) is 5. The maximum absolute atomic E-state index is 13.0. The summed E-state index contributed by atoms with van der Waals surface area (Å²) in [5, 5.41) is 2.45. The van der Waals surface area contributed by atoms with Crippen molar-refractivity contribution in [2.45, 2.75) is 13.0 Å². The number of rotatable bonds is 6. The highest BCUT2D eigenvalue weighted by atomic mass is 35.5. The fraction of sp³-hybridized carbons (Fsp3) is 0.176. The van der Waals surface area contributed by atoms with Crippen LogP contribution >= 0.6 is 11.6 Å². The van der Waals surface area contributed by atoms with E-state index in [1.807, 2.05) is 0 Å². The van der Waals surface area contributed by atoms with Gasteiger partial charge >= 0.3 is 5.97 Å². The molecule has 0 fully saturated rings. The maximum Gasteiger partial charge on any atom is 0.338 e. The van der Waals surface area contributed by atoms with E-state index >= 15 is 0 Å². The molecule has 0 heterocycles. The number of sulfonamides is 1. The van der Waals surface area contributed by atoms with Crippen LogP contribution in [0.3, 0.4) is 0 Å². The molecule has 0 radical (unpaired) electrons. The molecule has 27 heavy (non-hydrogen) atoms. The highest BCUT2D eigenvalue weighted by Gasteiger charge is 2.20. The van der Waals surface area contributed by atoms with Crippen LogP contribution in [0, 0.1) is 5.82 Å². The highest BCUT2D eigenvalue weighted by molar-refractivity contribution is 7.92. The van der Waals surface area contributed by atoms with Crippen LogP contribution in [-0.2, 0) is 19.6 Å². The summed E-state index contributed by atoms with van der Waals surface area (Å²) in [6.45, 7) is 1.37. The van der Waals surface area contributed by atoms with Crippen LogP contribution in [0.5, 0.6) is 0 Å². The van der Waals surface area contributed by atoms with E-state index in [1.54, 1.807) is 0 Å². The van der Waals surface area contributed by atoms with Gasteiger partial charge in [0.15, 0.2) is 6.10 Å². The predicted octanol–water partition coefficient (Wildman–Crippen LogP) is 3.03. The Morgan fingerprint density at radius 2 is 1.78 bits per heavy atom. The number of hydrogen-bond donors (Lipinski definition) is 2. The molecule has 2 rings (SSSR count). The van der Waals surface area contributed by atoms with Crippen molar-refractivity contribution < 1.29 is 27.1 Å². The highest BCUT2D eigenvalue weighted by Crippen LogP contribution is 2.22. The van der Waals surface area contributed by atoms with Crippen LogP contribution in [0.15, 0.2) is 42.5 Å². The summed E-state index contributed by atoms with van der Waals surface area (Å²) in [5.74, 6) is -1.97. The van der Waals surface area contributed by atoms with E-state index in [0.717, 1.165) is 18.4 Å². The number of nitrogens with one attached hydrogen (secondary N) is 2. The Kier molecular flexibility index (Phi) is 6.40. The average Bonchev–Trinajstić information content (AvgIpc) is 2.56. The van der Waals surface area contributed by atoms with Crippen LogP contribution in [0.4, 0.5) is 15.8 Å². The van der Waals surface area contributed by atoms with Gasteiger partial charge in [0.2, 0.25) is 10.0 Å². The third-order valence-electron chi connectivity index (χ3n) is 3.27. The van der Waals surface area contributed by atoms with Gasteiger partial charge in [0.25, 0.3) is 5.91 Å². The smallest absolute Gasteiger partial charge is 0.338 e. The van der Waals surface area contributed by atoms with Crippen molar-refractivity contribution in [2.75, 3.05) is 16.3 Å². The standard InChI is InChI=1S/C17H16ClFN2O5S/c1-10(16(22)20-15-8-5-12(19)9-14(15)18)26-17(23)11-3-6-13(7-4-11)21-27(2,24)25/h3-10,21H,1-2H3,(H,20,22). The Morgan fingerprint density at radius 3 is 2.33 bits per heavy atom. The lowest BCUT2D eigenvalue weighted by Crippen LogP contribution is -2.30. The van der Waals surface area contributed by atoms with Crippen LogP contribution in [0.1, 0.15) is 17.3 Å². The normalized spacial score (nSPS) is 12.1. The quantitative estimate of drug-likeness (QED) is 0.707. The minimum Gasteiger partial charge on any atom is -0.449 e. The summed E-state index contributed by atoms with van der Waals surface area (Å²) in [6, 6.07) is 8.96. The van der Waals surface area contributed by atoms with Gasteiger partial charge in [-0.05, 0) is 49.4 Å². The van der Waals surface area contributed by atoms with Crippen molar-refractivity contribution in [3.05, 3.63) is 58.9 Å². The lowest BCUT2D eigenvalue weighted by molar-refractivity contribution is -0.123. The first kappa shape index (κ1) is 20.7. The molecule has 0 saturated carbocycles. The number of carbonyl (C=O) groups excluding carboxylic acids is 2. The lowest BCUT2D eigenvalue weighted by atomic mass is 10.2. The minimum atomic E-state index is -3.43. The molecule has 2 aromatic rings. The molecule has 10 heteroatoms. The van der Waals surface area contributed by atoms with Crippen LogP contribution in [0.25, 0.3) is 0 Å². The summed E-state index contributed by atoms with van der Waals surface area (Å²) < 4.78 is 42.7. The second kappa shape index (κ2) is 8.36. The fourth-order valence-corrected chi connectivity index (χ4v) is 2.77. The number of benzene rings is 2. The molecule has 0 spiro atoms. The molecule has 0 bridgehead atoms. The topological polar surface area (TPSA) is 102 Å². The zero-order chi connectivity index (χ0) is 20.2. The molecule has 0 aliphatic rings. The molecular formula is C17H16ClFN2O5S. The summed E-state index contributed by atoms with van der Waals surface area (Å²) in [4.78, 5) is 24.2. The van der Waals surface area contributed by atoms with E-state index < -0.39 is 33.8 Å². The van der Waals surface area contributed by atoms with E-state index in [4.69, 9.17) is 16.3 Å². The van der Waals surface area contributed by atoms with Gasteiger partial charge < -0.3 is 10.1 Å². The molecule has 0 aliphatic heterocycles. The van der Waals surface area contributed by atoms with Gasteiger partial charge in [0.05, 0.1) is 22.5 Å². The minimum absolute atomic E-state index is 0.0100. The van der Waals surface area contributed by atoms with Crippen molar-refractivity contribution in [3.8, 4) is 0 Å².